The highest BCUT2D eigenvalue weighted by Gasteiger charge is 2.34. The zero-order valence-electron chi connectivity index (χ0n) is 12.0. The highest BCUT2D eigenvalue weighted by Crippen LogP contribution is 2.37. The minimum absolute atomic E-state index is 0.0328. The maximum absolute atomic E-state index is 12.3. The normalized spacial score (nSPS) is 19.2. The molecule has 1 unspecified atom stereocenters. The van der Waals surface area contributed by atoms with Crippen molar-refractivity contribution in [2.24, 2.45) is 0 Å². The number of carbonyl (C=O) groups excluding carboxylic acids is 1. The van der Waals surface area contributed by atoms with Crippen molar-refractivity contribution >= 4 is 29.3 Å². The van der Waals surface area contributed by atoms with Crippen LogP contribution in [0.4, 0.5) is 4.79 Å². The average Bonchev–Trinajstić information content (AvgIpc) is 2.75. The van der Waals surface area contributed by atoms with Gasteiger partial charge in [-0.15, -0.1) is 0 Å². The largest absolute Gasteiger partial charge is 0.444 e. The summed E-state index contributed by atoms with van der Waals surface area (Å²) in [5.74, 6) is 0. The smallest absolute Gasteiger partial charge is 0.410 e. The van der Waals surface area contributed by atoms with E-state index in [1.807, 2.05) is 26.8 Å². The van der Waals surface area contributed by atoms with E-state index in [9.17, 15) is 4.79 Å². The minimum Gasteiger partial charge on any atom is -0.444 e. The Morgan fingerprint density at radius 1 is 1.35 bits per heavy atom. The second-order valence-electron chi connectivity index (χ2n) is 6.00. The van der Waals surface area contributed by atoms with Crippen LogP contribution in [-0.4, -0.2) is 23.1 Å². The van der Waals surface area contributed by atoms with Gasteiger partial charge in [-0.1, -0.05) is 29.3 Å². The molecule has 2 rings (SSSR count). The van der Waals surface area contributed by atoms with Gasteiger partial charge in [0, 0.05) is 16.6 Å². The number of hydrogen-bond donors (Lipinski definition) is 0. The number of ether oxygens (including phenoxy) is 1. The molecule has 0 radical (unpaired) electrons. The quantitative estimate of drug-likeness (QED) is 0.724. The predicted octanol–water partition coefficient (Wildman–Crippen LogP) is 5.07. The summed E-state index contributed by atoms with van der Waals surface area (Å²) in [5, 5.41) is 1.19. The molecule has 1 aliphatic rings. The Labute approximate surface area is 129 Å². The lowest BCUT2D eigenvalue weighted by Gasteiger charge is -2.29. The summed E-state index contributed by atoms with van der Waals surface area (Å²) >= 11 is 12.2. The van der Waals surface area contributed by atoms with Crippen LogP contribution in [0.2, 0.25) is 10.0 Å². The van der Waals surface area contributed by atoms with Gasteiger partial charge in [0.1, 0.15) is 5.60 Å². The van der Waals surface area contributed by atoms with Crippen LogP contribution in [0, 0.1) is 0 Å². The summed E-state index contributed by atoms with van der Waals surface area (Å²) in [5.41, 5.74) is 0.438. The SMILES string of the molecule is CC(C)(C)OC(=O)N1CCCC1c1ccc(Cl)cc1Cl. The molecule has 0 saturated carbocycles. The van der Waals surface area contributed by atoms with Gasteiger partial charge >= 0.3 is 6.09 Å². The van der Waals surface area contributed by atoms with Gasteiger partial charge in [-0.05, 0) is 51.3 Å². The fourth-order valence-corrected chi connectivity index (χ4v) is 2.94. The number of halogens is 2. The van der Waals surface area contributed by atoms with Crippen molar-refractivity contribution in [2.75, 3.05) is 6.54 Å². The average molecular weight is 316 g/mol. The first-order valence-electron chi connectivity index (χ1n) is 6.72. The number of amides is 1. The lowest BCUT2D eigenvalue weighted by molar-refractivity contribution is 0.0224. The van der Waals surface area contributed by atoms with Gasteiger partial charge in [0.15, 0.2) is 0 Å². The zero-order valence-corrected chi connectivity index (χ0v) is 13.5. The molecule has 1 atom stereocenters. The molecule has 1 amide bonds. The van der Waals surface area contributed by atoms with Gasteiger partial charge < -0.3 is 9.64 Å². The van der Waals surface area contributed by atoms with Crippen molar-refractivity contribution in [3.8, 4) is 0 Å². The third-order valence-corrected chi connectivity index (χ3v) is 3.76. The summed E-state index contributed by atoms with van der Waals surface area (Å²) in [6.07, 6.45) is 1.55. The molecule has 1 aromatic rings. The first-order chi connectivity index (χ1) is 9.28. The van der Waals surface area contributed by atoms with Crippen LogP contribution >= 0.6 is 23.2 Å². The molecule has 0 spiro atoms. The van der Waals surface area contributed by atoms with Gasteiger partial charge in [-0.25, -0.2) is 4.79 Å². The molecule has 0 bridgehead atoms. The van der Waals surface area contributed by atoms with Gasteiger partial charge in [-0.3, -0.25) is 0 Å². The van der Waals surface area contributed by atoms with Crippen molar-refractivity contribution in [3.63, 3.8) is 0 Å². The topological polar surface area (TPSA) is 29.5 Å². The van der Waals surface area contributed by atoms with Crippen LogP contribution in [0.3, 0.4) is 0 Å². The number of hydrogen-bond acceptors (Lipinski definition) is 2. The second-order valence-corrected chi connectivity index (χ2v) is 6.84. The van der Waals surface area contributed by atoms with E-state index in [4.69, 9.17) is 27.9 Å². The third-order valence-electron chi connectivity index (χ3n) is 3.20. The summed E-state index contributed by atoms with van der Waals surface area (Å²) < 4.78 is 5.45. The van der Waals surface area contributed by atoms with Crippen LogP contribution in [0.25, 0.3) is 0 Å². The van der Waals surface area contributed by atoms with Crippen LogP contribution in [0.1, 0.15) is 45.2 Å². The molecule has 1 aliphatic heterocycles. The maximum Gasteiger partial charge on any atom is 0.410 e. The van der Waals surface area contributed by atoms with Crippen LogP contribution < -0.4 is 0 Å². The summed E-state index contributed by atoms with van der Waals surface area (Å²) in [7, 11) is 0. The van der Waals surface area contributed by atoms with Crippen molar-refractivity contribution in [3.05, 3.63) is 33.8 Å². The summed E-state index contributed by atoms with van der Waals surface area (Å²) in [4.78, 5) is 14.0. The highest BCUT2D eigenvalue weighted by atomic mass is 35.5. The molecule has 1 aromatic carbocycles. The molecular weight excluding hydrogens is 297 g/mol. The Hall–Kier alpha value is -0.930. The zero-order chi connectivity index (χ0) is 14.9. The third kappa shape index (κ3) is 3.58. The Kier molecular flexibility index (Phi) is 4.50. The van der Waals surface area contributed by atoms with Gasteiger partial charge in [0.2, 0.25) is 0 Å². The molecule has 5 heteroatoms. The fourth-order valence-electron chi connectivity index (χ4n) is 2.40. The molecule has 110 valence electrons. The monoisotopic (exact) mass is 315 g/mol. The summed E-state index contributed by atoms with van der Waals surface area (Å²) in [6.45, 7) is 6.29. The molecule has 3 nitrogen and oxygen atoms in total. The molecule has 1 heterocycles. The van der Waals surface area contributed by atoms with Gasteiger partial charge in [0.25, 0.3) is 0 Å². The second kappa shape index (κ2) is 5.82. The molecule has 0 aliphatic carbocycles. The van der Waals surface area contributed by atoms with Crippen LogP contribution in [0.15, 0.2) is 18.2 Å². The number of nitrogens with zero attached hydrogens (tertiary/aromatic N) is 1. The lowest BCUT2D eigenvalue weighted by Crippen LogP contribution is -2.36. The number of benzene rings is 1. The van der Waals surface area contributed by atoms with Gasteiger partial charge in [0.05, 0.1) is 6.04 Å². The van der Waals surface area contributed by atoms with Crippen LogP contribution in [0.5, 0.6) is 0 Å². The van der Waals surface area contributed by atoms with Crippen molar-refractivity contribution in [2.45, 2.75) is 45.3 Å². The molecule has 1 saturated heterocycles. The Bertz CT molecular complexity index is 511. The van der Waals surface area contributed by atoms with E-state index < -0.39 is 5.60 Å². The van der Waals surface area contributed by atoms with E-state index in [2.05, 4.69) is 0 Å². The van der Waals surface area contributed by atoms with E-state index in [0.29, 0.717) is 16.6 Å². The van der Waals surface area contributed by atoms with Crippen molar-refractivity contribution < 1.29 is 9.53 Å². The van der Waals surface area contributed by atoms with Gasteiger partial charge in [-0.2, -0.15) is 0 Å². The highest BCUT2D eigenvalue weighted by molar-refractivity contribution is 6.35. The molecule has 20 heavy (non-hydrogen) atoms. The van der Waals surface area contributed by atoms with E-state index in [1.165, 1.54) is 0 Å². The molecule has 0 aromatic heterocycles. The lowest BCUT2D eigenvalue weighted by atomic mass is 10.0. The number of carbonyl (C=O) groups is 1. The van der Waals surface area contributed by atoms with Crippen LogP contribution in [-0.2, 0) is 4.74 Å². The molecule has 0 N–H and O–H groups in total. The van der Waals surface area contributed by atoms with E-state index >= 15 is 0 Å². The Balaban J connectivity index is 2.21. The molecule has 1 fully saturated rings. The van der Waals surface area contributed by atoms with E-state index in [0.717, 1.165) is 18.4 Å². The van der Waals surface area contributed by atoms with E-state index in [1.54, 1.807) is 17.0 Å². The number of likely N-dealkylation sites (tertiary alicyclic amines) is 1. The van der Waals surface area contributed by atoms with E-state index in [-0.39, 0.29) is 12.1 Å². The Morgan fingerprint density at radius 3 is 2.65 bits per heavy atom. The first kappa shape index (κ1) is 15.5. The Morgan fingerprint density at radius 2 is 2.05 bits per heavy atom. The predicted molar refractivity (Wildman–Crippen MR) is 81.4 cm³/mol. The summed E-state index contributed by atoms with van der Waals surface area (Å²) in [6, 6.07) is 5.37. The van der Waals surface area contributed by atoms with Crippen molar-refractivity contribution in [1.29, 1.82) is 0 Å². The minimum atomic E-state index is -0.492. The maximum atomic E-state index is 12.3. The molecular formula is C15H19Cl2NO2. The van der Waals surface area contributed by atoms with Crippen molar-refractivity contribution in [1.82, 2.24) is 4.90 Å². The number of rotatable bonds is 1. The fraction of sp³-hybridized carbons (Fsp3) is 0.533. The standard InChI is InChI=1S/C15H19Cl2NO2/c1-15(2,3)20-14(19)18-8-4-5-13(18)11-7-6-10(16)9-12(11)17/h6-7,9,13H,4-5,8H2,1-3H3. The first-order valence-corrected chi connectivity index (χ1v) is 7.48.